The minimum atomic E-state index is 0.655. The number of halogens is 2. The number of anilines is 1. The van der Waals surface area contributed by atoms with Gasteiger partial charge in [0.25, 0.3) is 0 Å². The van der Waals surface area contributed by atoms with E-state index in [2.05, 4.69) is 21.2 Å². The summed E-state index contributed by atoms with van der Waals surface area (Å²) in [5, 5.41) is 4.14. The van der Waals surface area contributed by atoms with Crippen molar-refractivity contribution in [1.29, 1.82) is 0 Å². The first-order valence-corrected chi connectivity index (χ1v) is 7.63. The Hall–Kier alpha value is -1.39. The average Bonchev–Trinajstić information content (AvgIpc) is 2.49. The highest BCUT2D eigenvalue weighted by Gasteiger charge is 2.10. The molecule has 0 aliphatic carbocycles. The maximum atomic E-state index is 6.13. The van der Waals surface area contributed by atoms with Crippen LogP contribution in [0.25, 0.3) is 0 Å². The number of rotatable bonds is 5. The van der Waals surface area contributed by atoms with Crippen molar-refractivity contribution in [2.75, 3.05) is 19.5 Å². The Morgan fingerprint density at radius 3 is 2.48 bits per heavy atom. The van der Waals surface area contributed by atoms with Crippen LogP contribution in [0.2, 0.25) is 5.02 Å². The molecule has 0 aromatic heterocycles. The van der Waals surface area contributed by atoms with Crippen LogP contribution in [0.15, 0.2) is 34.8 Å². The summed E-state index contributed by atoms with van der Waals surface area (Å²) in [6.07, 6.45) is 0. The van der Waals surface area contributed by atoms with E-state index < -0.39 is 0 Å². The molecule has 21 heavy (non-hydrogen) atoms. The second-order valence-corrected chi connectivity index (χ2v) is 5.83. The summed E-state index contributed by atoms with van der Waals surface area (Å²) >= 11 is 9.68. The molecule has 0 radical (unpaired) electrons. The molecule has 0 fully saturated rings. The third kappa shape index (κ3) is 3.63. The number of benzene rings is 2. The van der Waals surface area contributed by atoms with Gasteiger partial charge in [0, 0.05) is 21.7 Å². The highest BCUT2D eigenvalue weighted by Crippen LogP contribution is 2.34. The smallest absolute Gasteiger partial charge is 0.161 e. The Kier molecular flexibility index (Phi) is 5.37. The van der Waals surface area contributed by atoms with Gasteiger partial charge < -0.3 is 14.8 Å². The molecular weight excluding hydrogens is 354 g/mol. The summed E-state index contributed by atoms with van der Waals surface area (Å²) in [5.41, 5.74) is 3.13. The average molecular weight is 371 g/mol. The van der Waals surface area contributed by atoms with E-state index in [0.29, 0.717) is 18.0 Å². The van der Waals surface area contributed by atoms with E-state index in [-0.39, 0.29) is 0 Å². The molecule has 112 valence electrons. The van der Waals surface area contributed by atoms with E-state index in [1.807, 2.05) is 37.3 Å². The second kappa shape index (κ2) is 7.05. The lowest BCUT2D eigenvalue weighted by atomic mass is 10.1. The van der Waals surface area contributed by atoms with Gasteiger partial charge in [-0.25, -0.2) is 0 Å². The molecule has 0 aliphatic rings. The molecule has 0 unspecified atom stereocenters. The van der Waals surface area contributed by atoms with Crippen LogP contribution < -0.4 is 14.8 Å². The zero-order chi connectivity index (χ0) is 15.4. The molecule has 0 spiro atoms. The van der Waals surface area contributed by atoms with Gasteiger partial charge in [0.05, 0.1) is 14.2 Å². The fraction of sp³-hybridized carbons (Fsp3) is 0.250. The summed E-state index contributed by atoms with van der Waals surface area (Å²) in [6, 6.07) is 9.68. The number of ether oxygens (including phenoxy) is 2. The van der Waals surface area contributed by atoms with Crippen LogP contribution in [0, 0.1) is 6.92 Å². The molecule has 0 saturated heterocycles. The molecule has 1 N–H and O–H groups in total. The Labute approximate surface area is 138 Å². The molecule has 5 heteroatoms. The van der Waals surface area contributed by atoms with Gasteiger partial charge >= 0.3 is 0 Å². The predicted octanol–water partition coefficient (Wildman–Crippen LogP) is 5.04. The largest absolute Gasteiger partial charge is 0.493 e. The van der Waals surface area contributed by atoms with Crippen molar-refractivity contribution in [3.63, 3.8) is 0 Å². The molecule has 2 rings (SSSR count). The molecule has 0 heterocycles. The Balaban J connectivity index is 2.22. The molecule has 0 saturated carbocycles. The first-order chi connectivity index (χ1) is 10.1. The number of nitrogens with one attached hydrogen (secondary N) is 1. The van der Waals surface area contributed by atoms with Gasteiger partial charge in [0.15, 0.2) is 11.5 Å². The van der Waals surface area contributed by atoms with Crippen LogP contribution in [-0.4, -0.2) is 14.2 Å². The summed E-state index contributed by atoms with van der Waals surface area (Å²) in [4.78, 5) is 0. The van der Waals surface area contributed by atoms with Crippen molar-refractivity contribution in [3.8, 4) is 11.5 Å². The van der Waals surface area contributed by atoms with Crippen molar-refractivity contribution in [2.24, 2.45) is 0 Å². The molecule has 0 bridgehead atoms. The lowest BCUT2D eigenvalue weighted by molar-refractivity contribution is 0.354. The molecule has 3 nitrogen and oxygen atoms in total. The monoisotopic (exact) mass is 369 g/mol. The van der Waals surface area contributed by atoms with Crippen LogP contribution in [0.4, 0.5) is 5.69 Å². The third-order valence-corrected chi connectivity index (χ3v) is 4.44. The second-order valence-electron chi connectivity index (χ2n) is 4.56. The maximum absolute atomic E-state index is 6.13. The number of methoxy groups -OCH3 is 2. The lowest BCUT2D eigenvalue weighted by Crippen LogP contribution is -2.03. The van der Waals surface area contributed by atoms with Crippen LogP contribution in [-0.2, 0) is 6.54 Å². The van der Waals surface area contributed by atoms with Crippen LogP contribution in [0.1, 0.15) is 11.1 Å². The summed E-state index contributed by atoms with van der Waals surface area (Å²) in [5.74, 6) is 1.41. The third-order valence-electron chi connectivity index (χ3n) is 3.29. The van der Waals surface area contributed by atoms with E-state index in [9.17, 15) is 0 Å². The van der Waals surface area contributed by atoms with E-state index in [4.69, 9.17) is 21.1 Å². The standard InChI is InChI=1S/C16H17BrClNO2/c1-10-13(18)5-4-6-14(10)19-9-11-7-15(20-2)16(21-3)8-12(11)17/h4-8,19H,9H2,1-3H3. The Morgan fingerprint density at radius 2 is 1.81 bits per heavy atom. The number of hydrogen-bond donors (Lipinski definition) is 1. The minimum absolute atomic E-state index is 0.655. The predicted molar refractivity (Wildman–Crippen MR) is 90.8 cm³/mol. The first kappa shape index (κ1) is 16.0. The Bertz CT molecular complexity index is 646. The van der Waals surface area contributed by atoms with Gasteiger partial charge in [-0.3, -0.25) is 0 Å². The quantitative estimate of drug-likeness (QED) is 0.800. The molecule has 0 atom stereocenters. The van der Waals surface area contributed by atoms with Crippen molar-refractivity contribution >= 4 is 33.2 Å². The van der Waals surface area contributed by atoms with Gasteiger partial charge in [-0.15, -0.1) is 0 Å². The highest BCUT2D eigenvalue weighted by molar-refractivity contribution is 9.10. The zero-order valence-corrected chi connectivity index (χ0v) is 14.5. The van der Waals surface area contributed by atoms with Crippen molar-refractivity contribution in [2.45, 2.75) is 13.5 Å². The fourth-order valence-corrected chi connectivity index (χ4v) is 2.66. The molecular formula is C16H17BrClNO2. The summed E-state index contributed by atoms with van der Waals surface area (Å²) in [6.45, 7) is 2.65. The van der Waals surface area contributed by atoms with Crippen LogP contribution >= 0.6 is 27.5 Å². The topological polar surface area (TPSA) is 30.5 Å². The Morgan fingerprint density at radius 1 is 1.14 bits per heavy atom. The van der Waals surface area contributed by atoms with Gasteiger partial charge in [-0.1, -0.05) is 33.6 Å². The normalized spacial score (nSPS) is 10.3. The lowest BCUT2D eigenvalue weighted by Gasteiger charge is -2.14. The SMILES string of the molecule is COc1cc(Br)c(CNc2cccc(Cl)c2C)cc1OC. The first-order valence-electron chi connectivity index (χ1n) is 6.46. The van der Waals surface area contributed by atoms with E-state index in [0.717, 1.165) is 26.3 Å². The highest BCUT2D eigenvalue weighted by atomic mass is 79.9. The molecule has 0 aliphatic heterocycles. The van der Waals surface area contributed by atoms with E-state index >= 15 is 0 Å². The van der Waals surface area contributed by atoms with E-state index in [1.54, 1.807) is 14.2 Å². The van der Waals surface area contributed by atoms with Crippen LogP contribution in [0.5, 0.6) is 11.5 Å². The van der Waals surface area contributed by atoms with E-state index in [1.165, 1.54) is 0 Å². The number of hydrogen-bond acceptors (Lipinski definition) is 3. The fourth-order valence-electron chi connectivity index (χ4n) is 2.02. The maximum Gasteiger partial charge on any atom is 0.161 e. The van der Waals surface area contributed by atoms with Crippen molar-refractivity contribution in [3.05, 3.63) is 51.0 Å². The minimum Gasteiger partial charge on any atom is -0.493 e. The van der Waals surface area contributed by atoms with Crippen molar-refractivity contribution in [1.82, 2.24) is 0 Å². The van der Waals surface area contributed by atoms with Crippen molar-refractivity contribution < 1.29 is 9.47 Å². The molecule has 2 aromatic rings. The molecule has 2 aromatic carbocycles. The van der Waals surface area contributed by atoms with Gasteiger partial charge in [0.1, 0.15) is 0 Å². The van der Waals surface area contributed by atoms with Gasteiger partial charge in [-0.2, -0.15) is 0 Å². The summed E-state index contributed by atoms with van der Waals surface area (Å²) in [7, 11) is 3.25. The zero-order valence-electron chi connectivity index (χ0n) is 12.2. The van der Waals surface area contributed by atoms with Gasteiger partial charge in [-0.05, 0) is 42.3 Å². The van der Waals surface area contributed by atoms with Gasteiger partial charge in [0.2, 0.25) is 0 Å². The molecule has 0 amide bonds. The van der Waals surface area contributed by atoms with Crippen LogP contribution in [0.3, 0.4) is 0 Å². The summed E-state index contributed by atoms with van der Waals surface area (Å²) < 4.78 is 11.6.